The summed E-state index contributed by atoms with van der Waals surface area (Å²) in [6.07, 6.45) is 8.41. The van der Waals surface area contributed by atoms with Crippen molar-refractivity contribution in [2.45, 2.75) is 64.0 Å². The minimum Gasteiger partial charge on any atom is -0.335 e. The minimum atomic E-state index is -0.252. The third-order valence-corrected chi connectivity index (χ3v) is 4.69. The zero-order valence-corrected chi connectivity index (χ0v) is 13.6. The number of halogens is 1. The molecule has 1 aliphatic rings. The number of nitrogens with one attached hydrogen (secondary N) is 1. The van der Waals surface area contributed by atoms with Crippen molar-refractivity contribution in [3.8, 4) is 0 Å². The van der Waals surface area contributed by atoms with Crippen LogP contribution in [0, 0.1) is 5.82 Å². The molecule has 1 aromatic carbocycles. The van der Waals surface area contributed by atoms with Crippen LogP contribution in [0.3, 0.4) is 0 Å². The van der Waals surface area contributed by atoms with E-state index in [9.17, 15) is 9.18 Å². The fourth-order valence-corrected chi connectivity index (χ4v) is 3.02. The molecule has 4 heteroatoms. The number of rotatable bonds is 3. The van der Waals surface area contributed by atoms with Crippen LogP contribution in [0.15, 0.2) is 24.3 Å². The fraction of sp³-hybridized carbons (Fsp3) is 0.611. The third kappa shape index (κ3) is 4.72. The molecule has 1 atom stereocenters. The van der Waals surface area contributed by atoms with Gasteiger partial charge in [0.25, 0.3) is 0 Å². The first-order valence-corrected chi connectivity index (χ1v) is 8.36. The molecule has 1 aliphatic carbocycles. The van der Waals surface area contributed by atoms with Crippen molar-refractivity contribution in [2.24, 2.45) is 0 Å². The largest absolute Gasteiger partial charge is 0.335 e. The zero-order valence-electron chi connectivity index (χ0n) is 13.6. The van der Waals surface area contributed by atoms with E-state index in [1.165, 1.54) is 44.2 Å². The second kappa shape index (κ2) is 8.16. The Bertz CT molecular complexity index is 466. The maximum absolute atomic E-state index is 13.0. The van der Waals surface area contributed by atoms with E-state index in [0.717, 1.165) is 18.4 Å². The summed E-state index contributed by atoms with van der Waals surface area (Å²) >= 11 is 0. The second-order valence-electron chi connectivity index (χ2n) is 6.33. The molecule has 0 radical (unpaired) electrons. The number of amides is 2. The van der Waals surface area contributed by atoms with Gasteiger partial charge in [-0.05, 0) is 37.5 Å². The van der Waals surface area contributed by atoms with Gasteiger partial charge in [-0.25, -0.2) is 9.18 Å². The topological polar surface area (TPSA) is 32.3 Å². The van der Waals surface area contributed by atoms with Crippen LogP contribution in [0.1, 0.15) is 63.5 Å². The lowest BCUT2D eigenvalue weighted by Gasteiger charge is -2.29. The van der Waals surface area contributed by atoms with E-state index in [4.69, 9.17) is 0 Å². The number of hydrogen-bond donors (Lipinski definition) is 1. The standard InChI is InChI=1S/C18H27FN2O/c1-14(15-10-12-16(19)13-11-15)21(2)18(22)20-17-8-6-4-3-5-7-9-17/h10-14,17H,3-9H2,1-2H3,(H,20,22). The van der Waals surface area contributed by atoms with Gasteiger partial charge in [-0.1, -0.05) is 44.2 Å². The molecule has 0 aromatic heterocycles. The minimum absolute atomic E-state index is 0.0394. The van der Waals surface area contributed by atoms with Gasteiger partial charge in [-0.2, -0.15) is 0 Å². The van der Waals surface area contributed by atoms with Crippen LogP contribution in [0.4, 0.5) is 9.18 Å². The molecule has 1 aromatic rings. The lowest BCUT2D eigenvalue weighted by atomic mass is 9.97. The van der Waals surface area contributed by atoms with Gasteiger partial charge in [-0.15, -0.1) is 0 Å². The first kappa shape index (κ1) is 16.8. The van der Waals surface area contributed by atoms with E-state index in [-0.39, 0.29) is 23.9 Å². The monoisotopic (exact) mass is 306 g/mol. The molecule has 1 N–H and O–H groups in total. The van der Waals surface area contributed by atoms with Crippen molar-refractivity contribution in [1.82, 2.24) is 10.2 Å². The van der Waals surface area contributed by atoms with Crippen molar-refractivity contribution in [3.05, 3.63) is 35.6 Å². The Morgan fingerprint density at radius 3 is 2.27 bits per heavy atom. The summed E-state index contributed by atoms with van der Waals surface area (Å²) in [7, 11) is 1.80. The molecule has 2 rings (SSSR count). The number of hydrogen-bond acceptors (Lipinski definition) is 1. The van der Waals surface area contributed by atoms with Gasteiger partial charge in [0.15, 0.2) is 0 Å². The van der Waals surface area contributed by atoms with Crippen molar-refractivity contribution in [3.63, 3.8) is 0 Å². The van der Waals surface area contributed by atoms with Crippen LogP contribution in [0.2, 0.25) is 0 Å². The molecule has 0 aliphatic heterocycles. The quantitative estimate of drug-likeness (QED) is 0.867. The van der Waals surface area contributed by atoms with Crippen molar-refractivity contribution < 1.29 is 9.18 Å². The van der Waals surface area contributed by atoms with E-state index in [0.29, 0.717) is 0 Å². The highest BCUT2D eigenvalue weighted by atomic mass is 19.1. The normalized spacial score (nSPS) is 18.1. The van der Waals surface area contributed by atoms with E-state index < -0.39 is 0 Å². The Morgan fingerprint density at radius 2 is 1.68 bits per heavy atom. The van der Waals surface area contributed by atoms with Gasteiger partial charge in [0.05, 0.1) is 6.04 Å². The Kier molecular flexibility index (Phi) is 6.22. The van der Waals surface area contributed by atoms with E-state index in [2.05, 4.69) is 5.32 Å². The number of benzene rings is 1. The molecule has 0 heterocycles. The maximum atomic E-state index is 13.0. The number of nitrogens with zero attached hydrogens (tertiary/aromatic N) is 1. The first-order valence-electron chi connectivity index (χ1n) is 8.36. The van der Waals surface area contributed by atoms with Gasteiger partial charge in [0.1, 0.15) is 5.82 Å². The van der Waals surface area contributed by atoms with Crippen LogP contribution in [-0.4, -0.2) is 24.0 Å². The van der Waals surface area contributed by atoms with Gasteiger partial charge < -0.3 is 10.2 Å². The van der Waals surface area contributed by atoms with E-state index >= 15 is 0 Å². The first-order chi connectivity index (χ1) is 10.6. The molecule has 0 saturated heterocycles. The number of carbonyl (C=O) groups is 1. The fourth-order valence-electron chi connectivity index (χ4n) is 3.02. The molecular formula is C18H27FN2O. The summed E-state index contributed by atoms with van der Waals surface area (Å²) in [6, 6.07) is 6.52. The van der Waals surface area contributed by atoms with Crippen LogP contribution in [0.5, 0.6) is 0 Å². The second-order valence-corrected chi connectivity index (χ2v) is 6.33. The van der Waals surface area contributed by atoms with Crippen LogP contribution < -0.4 is 5.32 Å². The van der Waals surface area contributed by atoms with E-state index in [1.807, 2.05) is 6.92 Å². The summed E-state index contributed by atoms with van der Waals surface area (Å²) in [5.41, 5.74) is 0.941. The Labute approximate surface area is 132 Å². The average Bonchev–Trinajstić information content (AvgIpc) is 2.49. The van der Waals surface area contributed by atoms with Gasteiger partial charge in [0, 0.05) is 13.1 Å². The van der Waals surface area contributed by atoms with Crippen molar-refractivity contribution in [1.29, 1.82) is 0 Å². The highest BCUT2D eigenvalue weighted by Crippen LogP contribution is 2.21. The van der Waals surface area contributed by atoms with Crippen LogP contribution in [-0.2, 0) is 0 Å². The van der Waals surface area contributed by atoms with Crippen LogP contribution >= 0.6 is 0 Å². The molecule has 1 saturated carbocycles. The van der Waals surface area contributed by atoms with Gasteiger partial charge in [-0.3, -0.25) is 0 Å². The predicted molar refractivity (Wildman–Crippen MR) is 87.2 cm³/mol. The van der Waals surface area contributed by atoms with Crippen molar-refractivity contribution >= 4 is 6.03 Å². The van der Waals surface area contributed by atoms with Gasteiger partial charge >= 0.3 is 6.03 Å². The average molecular weight is 306 g/mol. The Balaban J connectivity index is 1.91. The molecule has 22 heavy (non-hydrogen) atoms. The highest BCUT2D eigenvalue weighted by Gasteiger charge is 2.20. The predicted octanol–water partition coefficient (Wildman–Crippen LogP) is 4.64. The number of urea groups is 1. The summed E-state index contributed by atoms with van der Waals surface area (Å²) in [5.74, 6) is -0.252. The third-order valence-electron chi connectivity index (χ3n) is 4.69. The SMILES string of the molecule is CC(c1ccc(F)cc1)N(C)C(=O)NC1CCCCCCC1. The van der Waals surface area contributed by atoms with Crippen molar-refractivity contribution in [2.75, 3.05) is 7.05 Å². The van der Waals surface area contributed by atoms with Crippen LogP contribution in [0.25, 0.3) is 0 Å². The molecule has 1 fully saturated rings. The summed E-state index contributed by atoms with van der Waals surface area (Å²) in [4.78, 5) is 14.1. The summed E-state index contributed by atoms with van der Waals surface area (Å²) in [6.45, 7) is 1.96. The Hall–Kier alpha value is -1.58. The molecule has 122 valence electrons. The molecule has 3 nitrogen and oxygen atoms in total. The lowest BCUT2D eigenvalue weighted by molar-refractivity contribution is 0.187. The molecule has 0 bridgehead atoms. The smallest absolute Gasteiger partial charge is 0.317 e. The lowest BCUT2D eigenvalue weighted by Crippen LogP contribution is -2.44. The zero-order chi connectivity index (χ0) is 15.9. The number of carbonyl (C=O) groups excluding carboxylic acids is 1. The molecule has 0 spiro atoms. The van der Waals surface area contributed by atoms with E-state index in [1.54, 1.807) is 24.1 Å². The molecule has 1 unspecified atom stereocenters. The van der Waals surface area contributed by atoms with Gasteiger partial charge in [0.2, 0.25) is 0 Å². The summed E-state index contributed by atoms with van der Waals surface area (Å²) in [5, 5.41) is 3.16. The molecule has 2 amide bonds. The highest BCUT2D eigenvalue weighted by molar-refractivity contribution is 5.74. The maximum Gasteiger partial charge on any atom is 0.317 e. The Morgan fingerprint density at radius 1 is 1.14 bits per heavy atom. The molecular weight excluding hydrogens is 279 g/mol. The summed E-state index contributed by atoms with van der Waals surface area (Å²) < 4.78 is 13.0.